The zero-order valence-corrected chi connectivity index (χ0v) is 27.8. The summed E-state index contributed by atoms with van der Waals surface area (Å²) in [5, 5.41) is 4.89. The summed E-state index contributed by atoms with van der Waals surface area (Å²) >= 11 is 0. The molecule has 0 aromatic heterocycles. The molecule has 0 heterocycles. The van der Waals surface area contributed by atoms with Crippen LogP contribution in [0.2, 0.25) is 0 Å². The minimum absolute atomic E-state index is 0. The van der Waals surface area contributed by atoms with Crippen LogP contribution in [0.1, 0.15) is 0 Å². The summed E-state index contributed by atoms with van der Waals surface area (Å²) in [5.74, 6) is 0.751. The second-order valence-electron chi connectivity index (χ2n) is 9.65. The van der Waals surface area contributed by atoms with Gasteiger partial charge in [-0.15, -0.1) is 0 Å². The topological polar surface area (TPSA) is 52.6 Å². The summed E-state index contributed by atoms with van der Waals surface area (Å²) in [6.07, 6.45) is 11.6. The van der Waals surface area contributed by atoms with Crippen LogP contribution in [0.4, 0.5) is 0 Å². The van der Waals surface area contributed by atoms with Crippen LogP contribution < -0.4 is 21.2 Å². The third kappa shape index (κ3) is 8.72. The number of hydrogen-bond acceptors (Lipinski definition) is 4. The molecule has 0 aliphatic heterocycles. The van der Waals surface area contributed by atoms with Crippen molar-refractivity contribution in [3.8, 4) is 0 Å². The fourth-order valence-corrected chi connectivity index (χ4v) is 9.81. The molecule has 2 fully saturated rings. The van der Waals surface area contributed by atoms with Gasteiger partial charge in [-0.25, -0.2) is 0 Å². The number of carbonyl (C=O) groups excluding carboxylic acids is 2. The van der Waals surface area contributed by atoms with Gasteiger partial charge in [-0.2, -0.15) is 0 Å². The normalized spacial score (nSPS) is 15.7. The number of esters is 2. The molecule has 224 valence electrons. The molecule has 0 spiro atoms. The SMILES string of the molecule is COC(=O)[C]1[CH][CH][CH][C]1P(c1ccccc1)c1ccccc1.COC(=O)[C]1[CH][CH][CH][C]1P(c1ccccc1)c1ccccc1.[Fe+2]. The van der Waals surface area contributed by atoms with Crippen LogP contribution in [-0.2, 0) is 36.1 Å². The van der Waals surface area contributed by atoms with E-state index in [0.29, 0.717) is 11.8 Å². The molecule has 4 aromatic carbocycles. The first kappa shape index (κ1) is 35.1. The van der Waals surface area contributed by atoms with Crippen LogP contribution in [-0.4, -0.2) is 26.2 Å². The maximum atomic E-state index is 12.1. The number of benzene rings is 4. The van der Waals surface area contributed by atoms with E-state index < -0.39 is 15.8 Å². The monoisotopic (exact) mass is 670 g/mol. The van der Waals surface area contributed by atoms with Gasteiger partial charge in [0.15, 0.2) is 0 Å². The third-order valence-corrected chi connectivity index (χ3v) is 11.9. The molecule has 45 heavy (non-hydrogen) atoms. The molecule has 0 N–H and O–H groups in total. The van der Waals surface area contributed by atoms with Gasteiger partial charge in [-0.05, 0) is 75.6 Å². The molecule has 0 bridgehead atoms. The molecule has 4 nitrogen and oxygen atoms in total. The predicted octanol–water partition coefficient (Wildman–Crippen LogP) is 6.05. The van der Waals surface area contributed by atoms with E-state index in [9.17, 15) is 9.59 Å². The third-order valence-electron chi connectivity index (χ3n) is 6.94. The fraction of sp³-hybridized carbons (Fsp3) is 0.0526. The first-order valence-corrected chi connectivity index (χ1v) is 16.8. The van der Waals surface area contributed by atoms with Crippen molar-refractivity contribution < 1.29 is 36.1 Å². The van der Waals surface area contributed by atoms with Gasteiger partial charge in [0.25, 0.3) is 0 Å². The molecule has 6 rings (SSSR count). The standard InChI is InChI=1S/2C19H16O2P.Fe/c2*1-21-19(20)17-13-8-14-18(17)22(15-9-4-2-5-10-15)16-11-6-3-7-12-16;/h2*2-14H,1H3;/q;;+2. The number of ether oxygens (including phenoxy) is 2. The van der Waals surface area contributed by atoms with Gasteiger partial charge in [0.1, 0.15) is 11.8 Å². The largest absolute Gasteiger partial charge is 2.00 e. The average molecular weight is 670 g/mol. The summed E-state index contributed by atoms with van der Waals surface area (Å²) in [4.78, 5) is 24.1. The van der Waals surface area contributed by atoms with E-state index in [1.807, 2.05) is 111 Å². The molecule has 2 aliphatic rings. The average Bonchev–Trinajstić information content (AvgIpc) is 3.77. The Morgan fingerprint density at radius 3 is 0.956 bits per heavy atom. The molecule has 2 saturated carbocycles. The Morgan fingerprint density at radius 2 is 0.711 bits per heavy atom. The summed E-state index contributed by atoms with van der Waals surface area (Å²) in [5.41, 5.74) is 2.08. The van der Waals surface area contributed by atoms with Crippen LogP contribution >= 0.6 is 15.8 Å². The van der Waals surface area contributed by atoms with Gasteiger partial charge in [-0.1, -0.05) is 121 Å². The molecule has 0 saturated heterocycles. The van der Waals surface area contributed by atoms with Crippen molar-refractivity contribution in [1.29, 1.82) is 0 Å². The minimum atomic E-state index is -0.769. The van der Waals surface area contributed by atoms with E-state index in [4.69, 9.17) is 9.47 Å². The Bertz CT molecular complexity index is 1260. The Balaban J connectivity index is 0.000000200. The van der Waals surface area contributed by atoms with Gasteiger partial charge in [0.2, 0.25) is 0 Å². The molecule has 2 aliphatic carbocycles. The number of methoxy groups -OCH3 is 2. The molecule has 0 amide bonds. The van der Waals surface area contributed by atoms with Crippen molar-refractivity contribution in [3.63, 3.8) is 0 Å². The van der Waals surface area contributed by atoms with Crippen molar-refractivity contribution in [1.82, 2.24) is 0 Å². The number of carbonyl (C=O) groups is 2. The maximum absolute atomic E-state index is 12.1. The molecule has 4 aromatic rings. The van der Waals surface area contributed by atoms with Crippen molar-refractivity contribution >= 4 is 49.0 Å². The fourth-order valence-electron chi connectivity index (χ4n) is 4.94. The molecule has 7 heteroatoms. The molecule has 0 unspecified atom stereocenters. The van der Waals surface area contributed by atoms with Crippen molar-refractivity contribution in [2.75, 3.05) is 14.2 Å². The van der Waals surface area contributed by atoms with E-state index in [-0.39, 0.29) is 29.0 Å². The Morgan fingerprint density at radius 1 is 0.444 bits per heavy atom. The summed E-state index contributed by atoms with van der Waals surface area (Å²) < 4.78 is 9.86. The van der Waals surface area contributed by atoms with Gasteiger partial charge < -0.3 is 9.47 Å². The number of rotatable bonds is 8. The Kier molecular flexibility index (Phi) is 13.8. The number of hydrogen-bond donors (Lipinski definition) is 0. The first-order chi connectivity index (χ1) is 21.6. The second-order valence-corrected chi connectivity index (χ2v) is 14.0. The zero-order valence-electron chi connectivity index (χ0n) is 24.9. The van der Waals surface area contributed by atoms with E-state index in [1.54, 1.807) is 0 Å². The van der Waals surface area contributed by atoms with Gasteiger partial charge >= 0.3 is 29.0 Å². The van der Waals surface area contributed by atoms with Crippen molar-refractivity contribution in [3.05, 3.63) is 183 Å². The summed E-state index contributed by atoms with van der Waals surface area (Å²) in [6, 6.07) is 41.3. The van der Waals surface area contributed by atoms with Crippen LogP contribution in [0.5, 0.6) is 0 Å². The maximum Gasteiger partial charge on any atom is 2.00 e. The second kappa shape index (κ2) is 17.8. The van der Waals surface area contributed by atoms with E-state index in [1.165, 1.54) is 35.4 Å². The van der Waals surface area contributed by atoms with Crippen LogP contribution in [0.3, 0.4) is 0 Å². The van der Waals surface area contributed by atoms with Gasteiger partial charge in [0.05, 0.1) is 14.2 Å². The van der Waals surface area contributed by atoms with Gasteiger partial charge in [-0.3, -0.25) is 9.59 Å². The van der Waals surface area contributed by atoms with E-state index >= 15 is 0 Å². The summed E-state index contributed by atoms with van der Waals surface area (Å²) in [7, 11) is 1.31. The van der Waals surface area contributed by atoms with E-state index in [0.717, 1.165) is 11.3 Å². The van der Waals surface area contributed by atoms with Crippen LogP contribution in [0, 0.1) is 61.7 Å². The Labute approximate surface area is 281 Å². The first-order valence-electron chi connectivity index (χ1n) is 14.1. The molecule has 10 radical (unpaired) electrons. The smallest absolute Gasteiger partial charge is 0.469 e. The minimum Gasteiger partial charge on any atom is -0.469 e. The van der Waals surface area contributed by atoms with Gasteiger partial charge in [0, 0.05) is 11.3 Å². The molecular formula is C38H32FeO4P2+2. The van der Waals surface area contributed by atoms with Crippen LogP contribution in [0.25, 0.3) is 0 Å². The zero-order chi connectivity index (χ0) is 30.7. The van der Waals surface area contributed by atoms with Crippen molar-refractivity contribution in [2.45, 2.75) is 0 Å². The quantitative estimate of drug-likeness (QED) is 0.130. The van der Waals surface area contributed by atoms with Crippen molar-refractivity contribution in [2.24, 2.45) is 0 Å². The molecular weight excluding hydrogens is 638 g/mol. The Hall–Kier alpha value is -2.80. The van der Waals surface area contributed by atoms with Crippen LogP contribution in [0.15, 0.2) is 121 Å². The predicted molar refractivity (Wildman–Crippen MR) is 181 cm³/mol. The molecule has 0 atom stereocenters. The van der Waals surface area contributed by atoms with E-state index in [2.05, 4.69) is 48.5 Å². The summed E-state index contributed by atoms with van der Waals surface area (Å²) in [6.45, 7) is 0.